The summed E-state index contributed by atoms with van der Waals surface area (Å²) in [7, 11) is -2.35. The molecule has 3 aliphatic carbocycles. The van der Waals surface area contributed by atoms with E-state index in [4.69, 9.17) is 0 Å². The van der Waals surface area contributed by atoms with E-state index in [9.17, 15) is 32.4 Å². The number of carbonyl (C=O) groups excluding carboxylic acids is 5. The number of carbonyl (C=O) groups is 5. The molecule has 1 unspecified atom stereocenters. The lowest BCUT2D eigenvalue weighted by molar-refractivity contribution is -0.144. The first-order chi connectivity index (χ1) is 25.4. The van der Waals surface area contributed by atoms with Gasteiger partial charge in [-0.2, -0.15) is 4.31 Å². The van der Waals surface area contributed by atoms with Gasteiger partial charge in [0.25, 0.3) is 5.91 Å². The molecule has 1 aliphatic heterocycles. The molecule has 1 saturated heterocycles. The zero-order chi connectivity index (χ0) is 39.6. The fourth-order valence-electron chi connectivity index (χ4n) is 8.43. The Bertz CT molecular complexity index is 1680. The Morgan fingerprint density at radius 1 is 0.981 bits per heavy atom. The van der Waals surface area contributed by atoms with Crippen LogP contribution in [-0.4, -0.2) is 98.0 Å². The zero-order valence-electron chi connectivity index (χ0n) is 32.7. The summed E-state index contributed by atoms with van der Waals surface area (Å²) in [5, 5.41) is 11.4. The quantitative estimate of drug-likeness (QED) is 0.147. The van der Waals surface area contributed by atoms with E-state index in [1.54, 1.807) is 23.1 Å². The minimum Gasteiger partial charge on any atom is -0.346 e. The van der Waals surface area contributed by atoms with Crippen molar-refractivity contribution in [2.24, 2.45) is 34.5 Å². The SMILES string of the molecule is C=CCNC(=O)C(=O)C(CC1CC1)NC(=O)[C@@H]1[C@@H]2[C@H](CN1C(=O)[C@@H](NC(=O)N[C@H](CN(C)S(=O)(=O)c1ccccc1)C(C)(C)C)C1CCCCC1)C2(C)C. The summed E-state index contributed by atoms with van der Waals surface area (Å²) in [6.07, 6.45) is 7.99. The molecule has 4 fully saturated rings. The van der Waals surface area contributed by atoms with Crippen LogP contribution in [0.2, 0.25) is 0 Å². The molecule has 1 aromatic rings. The number of hydrogen-bond acceptors (Lipinski definition) is 7. The lowest BCUT2D eigenvalue weighted by Gasteiger charge is -2.38. The number of nitrogens with one attached hydrogen (secondary N) is 4. The standard InChI is InChI=1S/C40H60N6O7S/c1-8-21-41-36(49)34(47)29(22-25-19-20-25)42-35(48)33-31-28(40(31,5)6)23-46(33)37(50)32(26-15-11-9-12-16-26)44-38(51)43-30(39(2,3)4)24-45(7)54(52,53)27-17-13-10-14-18-27/h8,10,13-14,17-18,25-26,28-33H,1,9,11-12,15-16,19-24H2,2-7H3,(H,41,49)(H,42,48)(H2,43,44,51)/t28-,29?,30+,31-,32-,33-/m0/s1. The van der Waals surface area contributed by atoms with Gasteiger partial charge in [-0.3, -0.25) is 19.2 Å². The van der Waals surface area contributed by atoms with Gasteiger partial charge in [0.05, 0.1) is 10.9 Å². The van der Waals surface area contributed by atoms with Gasteiger partial charge in [-0.25, -0.2) is 13.2 Å². The number of likely N-dealkylation sites (N-methyl/N-ethyl adjacent to an activating group) is 1. The van der Waals surface area contributed by atoms with E-state index in [-0.39, 0.29) is 53.0 Å². The van der Waals surface area contributed by atoms with Crippen LogP contribution in [0.4, 0.5) is 4.79 Å². The molecule has 5 amide bonds. The van der Waals surface area contributed by atoms with Crippen LogP contribution in [0.1, 0.15) is 86.0 Å². The minimum absolute atomic E-state index is 0.00460. The van der Waals surface area contributed by atoms with Crippen molar-refractivity contribution in [1.29, 1.82) is 0 Å². The number of amides is 5. The van der Waals surface area contributed by atoms with Crippen molar-refractivity contribution in [2.75, 3.05) is 26.7 Å². The maximum absolute atomic E-state index is 14.7. The van der Waals surface area contributed by atoms with Crippen molar-refractivity contribution < 1.29 is 32.4 Å². The van der Waals surface area contributed by atoms with Crippen LogP contribution >= 0.6 is 0 Å². The van der Waals surface area contributed by atoms with Crippen LogP contribution in [0.5, 0.6) is 0 Å². The summed E-state index contributed by atoms with van der Waals surface area (Å²) in [6, 6.07) is 4.12. The number of sulfonamides is 1. The van der Waals surface area contributed by atoms with Crippen molar-refractivity contribution in [3.63, 3.8) is 0 Å². The number of fused-ring (bicyclic) bond motifs is 1. The summed E-state index contributed by atoms with van der Waals surface area (Å²) in [5.74, 6) is -2.28. The van der Waals surface area contributed by atoms with Gasteiger partial charge in [-0.1, -0.05) is 91.0 Å². The number of piperidine rings is 1. The Morgan fingerprint density at radius 2 is 1.63 bits per heavy atom. The molecule has 298 valence electrons. The Morgan fingerprint density at radius 3 is 2.22 bits per heavy atom. The molecular weight excluding hydrogens is 709 g/mol. The zero-order valence-corrected chi connectivity index (χ0v) is 33.5. The normalized spacial score (nSPS) is 24.1. The van der Waals surface area contributed by atoms with E-state index in [2.05, 4.69) is 41.7 Å². The summed E-state index contributed by atoms with van der Waals surface area (Å²) >= 11 is 0. The van der Waals surface area contributed by atoms with Crippen LogP contribution < -0.4 is 21.3 Å². The van der Waals surface area contributed by atoms with Crippen LogP contribution in [0.3, 0.4) is 0 Å². The first-order valence-electron chi connectivity index (χ1n) is 19.5. The maximum atomic E-state index is 14.7. The Balaban J connectivity index is 1.35. The highest BCUT2D eigenvalue weighted by atomic mass is 32.2. The fourth-order valence-corrected chi connectivity index (χ4v) is 9.64. The number of Topliss-reactive ketones (excluding diaryl/α,β-unsaturated/α-hetero) is 1. The van der Waals surface area contributed by atoms with E-state index in [0.29, 0.717) is 13.0 Å². The Kier molecular flexibility index (Phi) is 12.7. The van der Waals surface area contributed by atoms with Crippen LogP contribution in [0, 0.1) is 34.5 Å². The number of benzene rings is 1. The van der Waals surface area contributed by atoms with E-state index in [1.807, 2.05) is 20.8 Å². The molecular formula is C40H60N6O7S. The van der Waals surface area contributed by atoms with E-state index < -0.39 is 63.2 Å². The van der Waals surface area contributed by atoms with Gasteiger partial charge in [0.2, 0.25) is 27.6 Å². The average Bonchev–Trinajstić information content (AvgIpc) is 3.99. The molecule has 0 aromatic heterocycles. The third-order valence-electron chi connectivity index (χ3n) is 12.2. The van der Waals surface area contributed by atoms with E-state index >= 15 is 0 Å². The molecule has 4 N–H and O–H groups in total. The molecule has 3 saturated carbocycles. The van der Waals surface area contributed by atoms with E-state index in [1.165, 1.54) is 29.6 Å². The molecule has 54 heavy (non-hydrogen) atoms. The minimum atomic E-state index is -3.83. The smallest absolute Gasteiger partial charge is 0.315 e. The maximum Gasteiger partial charge on any atom is 0.315 e. The molecule has 1 aromatic carbocycles. The predicted molar refractivity (Wildman–Crippen MR) is 205 cm³/mol. The molecule has 14 heteroatoms. The highest BCUT2D eigenvalue weighted by molar-refractivity contribution is 7.89. The van der Waals surface area contributed by atoms with E-state index in [0.717, 1.165) is 44.9 Å². The largest absolute Gasteiger partial charge is 0.346 e. The molecule has 0 radical (unpaired) electrons. The van der Waals surface area contributed by atoms with Gasteiger partial charge in [0.1, 0.15) is 12.1 Å². The summed E-state index contributed by atoms with van der Waals surface area (Å²) < 4.78 is 28.0. The molecule has 5 rings (SSSR count). The predicted octanol–water partition coefficient (Wildman–Crippen LogP) is 3.61. The Hall–Kier alpha value is -3.78. The number of nitrogens with zero attached hydrogens (tertiary/aromatic N) is 2. The second kappa shape index (κ2) is 16.5. The summed E-state index contributed by atoms with van der Waals surface area (Å²) in [4.78, 5) is 70.6. The third-order valence-corrected chi connectivity index (χ3v) is 14.0. The first-order valence-corrected chi connectivity index (χ1v) is 20.9. The molecule has 0 spiro atoms. The molecule has 4 aliphatic rings. The highest BCUT2D eigenvalue weighted by Gasteiger charge is 2.69. The lowest BCUT2D eigenvalue weighted by atomic mass is 9.83. The van der Waals surface area contributed by atoms with Gasteiger partial charge in [-0.15, -0.1) is 6.58 Å². The van der Waals surface area contributed by atoms with Gasteiger partial charge in [-0.05, 0) is 65.9 Å². The van der Waals surface area contributed by atoms with Crippen LogP contribution in [0.25, 0.3) is 0 Å². The van der Waals surface area contributed by atoms with Crippen molar-refractivity contribution in [1.82, 2.24) is 30.5 Å². The second-order valence-electron chi connectivity index (χ2n) is 17.5. The number of rotatable bonds is 16. The Labute approximate surface area is 320 Å². The second-order valence-corrected chi connectivity index (χ2v) is 19.5. The molecule has 1 heterocycles. The first kappa shape index (κ1) is 41.4. The van der Waals surface area contributed by atoms with Crippen molar-refractivity contribution >= 4 is 39.6 Å². The van der Waals surface area contributed by atoms with Crippen LogP contribution in [-0.2, 0) is 29.2 Å². The number of hydrogen-bond donors (Lipinski definition) is 4. The summed E-state index contributed by atoms with van der Waals surface area (Å²) in [5.41, 5.74) is -0.753. The van der Waals surface area contributed by atoms with Crippen LogP contribution in [0.15, 0.2) is 47.9 Å². The number of ketones is 1. The number of likely N-dealkylation sites (tertiary alicyclic amines) is 1. The van der Waals surface area contributed by atoms with Gasteiger partial charge in [0, 0.05) is 32.7 Å². The summed E-state index contributed by atoms with van der Waals surface area (Å²) in [6.45, 7) is 13.9. The molecule has 6 atom stereocenters. The van der Waals surface area contributed by atoms with Gasteiger partial charge < -0.3 is 26.2 Å². The molecule has 0 bridgehead atoms. The highest BCUT2D eigenvalue weighted by Crippen LogP contribution is 2.65. The fraction of sp³-hybridized carbons (Fsp3) is 0.675. The average molecular weight is 769 g/mol. The lowest BCUT2D eigenvalue weighted by Crippen LogP contribution is -2.61. The third kappa shape index (κ3) is 9.35. The molecule has 13 nitrogen and oxygen atoms in total. The van der Waals surface area contributed by atoms with Crippen molar-refractivity contribution in [3.05, 3.63) is 43.0 Å². The topological polar surface area (TPSA) is 174 Å². The monoisotopic (exact) mass is 768 g/mol. The van der Waals surface area contributed by atoms with Crippen molar-refractivity contribution in [3.8, 4) is 0 Å². The van der Waals surface area contributed by atoms with Crippen molar-refractivity contribution in [2.45, 2.75) is 115 Å². The van der Waals surface area contributed by atoms with Gasteiger partial charge >= 0.3 is 6.03 Å². The number of urea groups is 1. The van der Waals surface area contributed by atoms with Gasteiger partial charge in [0.15, 0.2) is 0 Å².